The van der Waals surface area contributed by atoms with Crippen LogP contribution in [-0.2, 0) is 9.31 Å². The quantitative estimate of drug-likeness (QED) is 0.406. The molecule has 1 saturated heterocycles. The molecule has 0 aromatic rings. The molecule has 0 radical (unpaired) electrons. The third-order valence-electron chi connectivity index (χ3n) is 0.937. The van der Waals surface area contributed by atoms with Gasteiger partial charge in [-0.05, 0) is 0 Å². The first-order valence-corrected chi connectivity index (χ1v) is 2.39. The Hall–Kier alpha value is -0.0951. The summed E-state index contributed by atoms with van der Waals surface area (Å²) < 4.78 is 9.12. The van der Waals surface area contributed by atoms with E-state index < -0.39 is 7.32 Å². The van der Waals surface area contributed by atoms with Crippen LogP contribution in [0.15, 0.2) is 0 Å². The van der Waals surface area contributed by atoms with E-state index in [9.17, 15) is 0 Å². The van der Waals surface area contributed by atoms with Crippen LogP contribution in [0.4, 0.5) is 0 Å². The fourth-order valence-electron chi connectivity index (χ4n) is 0.529. The molecule has 0 saturated carbocycles. The maximum absolute atomic E-state index is 8.48. The molecule has 0 amide bonds. The van der Waals surface area contributed by atoms with Crippen molar-refractivity contribution in [2.45, 2.75) is 6.10 Å². The van der Waals surface area contributed by atoms with Gasteiger partial charge < -0.3 is 19.4 Å². The van der Waals surface area contributed by atoms with Crippen molar-refractivity contribution in [2.24, 2.45) is 0 Å². The van der Waals surface area contributed by atoms with Crippen LogP contribution >= 0.6 is 0 Å². The van der Waals surface area contributed by atoms with Gasteiger partial charge in [0.25, 0.3) is 0 Å². The monoisotopic (exact) mass is 118 g/mol. The van der Waals surface area contributed by atoms with Crippen LogP contribution in [0.2, 0.25) is 0 Å². The van der Waals surface area contributed by atoms with E-state index in [1.807, 2.05) is 0 Å². The highest BCUT2D eigenvalue weighted by molar-refractivity contribution is 6.35. The van der Waals surface area contributed by atoms with E-state index in [0.717, 1.165) is 0 Å². The first-order valence-electron chi connectivity index (χ1n) is 2.39. The molecule has 1 aliphatic heterocycles. The zero-order valence-corrected chi connectivity index (χ0v) is 4.28. The summed E-state index contributed by atoms with van der Waals surface area (Å²) >= 11 is 0. The highest BCUT2D eigenvalue weighted by atomic mass is 16.7. The summed E-state index contributed by atoms with van der Waals surface area (Å²) in [6, 6.07) is 0. The van der Waals surface area contributed by atoms with Crippen LogP contribution in [0.5, 0.6) is 0 Å². The Bertz CT molecular complexity index is 77.7. The normalized spacial score (nSPS) is 29.2. The third-order valence-corrected chi connectivity index (χ3v) is 0.937. The lowest BCUT2D eigenvalue weighted by Gasteiger charge is -1.99. The van der Waals surface area contributed by atoms with Crippen LogP contribution in [0.1, 0.15) is 0 Å². The summed E-state index contributed by atoms with van der Waals surface area (Å²) in [5, 5.41) is 16.8. The molecular weight excluding hydrogens is 111 g/mol. The Kier molecular flexibility index (Phi) is 1.85. The number of aliphatic hydroxyl groups excluding tert-OH is 1. The average molecular weight is 118 g/mol. The van der Waals surface area contributed by atoms with E-state index >= 15 is 0 Å². The summed E-state index contributed by atoms with van der Waals surface area (Å²) in [6.07, 6.45) is -0.343. The van der Waals surface area contributed by atoms with Gasteiger partial charge >= 0.3 is 7.32 Å². The highest BCUT2D eigenvalue weighted by Crippen LogP contribution is 2.03. The third kappa shape index (κ3) is 1.19. The van der Waals surface area contributed by atoms with Gasteiger partial charge in [0.1, 0.15) is 0 Å². The first kappa shape index (κ1) is 6.03. The number of rotatable bonds is 1. The topological polar surface area (TPSA) is 58.9 Å². The van der Waals surface area contributed by atoms with Gasteiger partial charge in [-0.3, -0.25) is 0 Å². The van der Waals surface area contributed by atoms with Crippen molar-refractivity contribution in [2.75, 3.05) is 13.2 Å². The standard InChI is InChI=1S/C3H7BO4/c5-1-3-2-7-4(6)8-3/h3,5-6H,1-2H2. The van der Waals surface area contributed by atoms with Crippen LogP contribution in [0.3, 0.4) is 0 Å². The van der Waals surface area contributed by atoms with Gasteiger partial charge in [0, 0.05) is 0 Å². The zero-order chi connectivity index (χ0) is 5.98. The van der Waals surface area contributed by atoms with Crippen molar-refractivity contribution in [3.05, 3.63) is 0 Å². The van der Waals surface area contributed by atoms with Gasteiger partial charge in [0.15, 0.2) is 0 Å². The fourth-order valence-corrected chi connectivity index (χ4v) is 0.529. The van der Waals surface area contributed by atoms with E-state index in [1.165, 1.54) is 0 Å². The molecule has 1 aliphatic rings. The largest absolute Gasteiger partial charge is 0.637 e. The second kappa shape index (κ2) is 2.45. The Balaban J connectivity index is 2.22. The second-order valence-electron chi connectivity index (χ2n) is 1.58. The van der Waals surface area contributed by atoms with Crippen molar-refractivity contribution in [1.82, 2.24) is 0 Å². The molecule has 1 rings (SSSR count). The van der Waals surface area contributed by atoms with Crippen molar-refractivity contribution >= 4 is 7.32 Å². The van der Waals surface area contributed by atoms with Gasteiger partial charge in [0.05, 0.1) is 19.3 Å². The molecule has 0 aromatic heterocycles. The highest BCUT2D eigenvalue weighted by Gasteiger charge is 2.29. The van der Waals surface area contributed by atoms with Crippen LogP contribution < -0.4 is 0 Å². The van der Waals surface area contributed by atoms with Gasteiger partial charge in [-0.25, -0.2) is 0 Å². The minimum atomic E-state index is -1.13. The Morgan fingerprint density at radius 2 is 2.50 bits per heavy atom. The zero-order valence-electron chi connectivity index (χ0n) is 4.28. The maximum atomic E-state index is 8.48. The molecule has 8 heavy (non-hydrogen) atoms. The Morgan fingerprint density at radius 1 is 1.75 bits per heavy atom. The predicted octanol–water partition coefficient (Wildman–Crippen LogP) is -1.63. The van der Waals surface area contributed by atoms with E-state index in [0.29, 0.717) is 0 Å². The predicted molar refractivity (Wildman–Crippen MR) is 25.9 cm³/mol. The smallest absolute Gasteiger partial charge is 0.402 e. The molecule has 0 spiro atoms. The van der Waals surface area contributed by atoms with Gasteiger partial charge in [-0.1, -0.05) is 0 Å². The molecule has 1 atom stereocenters. The lowest BCUT2D eigenvalue weighted by atomic mass is 10.3. The van der Waals surface area contributed by atoms with Gasteiger partial charge in [0.2, 0.25) is 0 Å². The minimum absolute atomic E-state index is 0.100. The van der Waals surface area contributed by atoms with Crippen molar-refractivity contribution in [3.8, 4) is 0 Å². The summed E-state index contributed by atoms with van der Waals surface area (Å²) in [4.78, 5) is 0. The van der Waals surface area contributed by atoms with Crippen molar-refractivity contribution in [3.63, 3.8) is 0 Å². The molecule has 0 aromatic carbocycles. The number of hydrogen-bond donors (Lipinski definition) is 2. The van der Waals surface area contributed by atoms with Crippen LogP contribution in [0.25, 0.3) is 0 Å². The summed E-state index contributed by atoms with van der Waals surface area (Å²) in [6.45, 7) is 0.175. The molecule has 1 heterocycles. The maximum Gasteiger partial charge on any atom is 0.637 e. The second-order valence-corrected chi connectivity index (χ2v) is 1.58. The lowest BCUT2D eigenvalue weighted by molar-refractivity contribution is 0.125. The SMILES string of the molecule is OCC1COB(O)O1. The van der Waals surface area contributed by atoms with Crippen molar-refractivity contribution in [1.29, 1.82) is 0 Å². The molecule has 0 aliphatic carbocycles. The lowest BCUT2D eigenvalue weighted by Crippen LogP contribution is -2.18. The number of hydrogen-bond acceptors (Lipinski definition) is 4. The van der Waals surface area contributed by atoms with Crippen LogP contribution in [-0.4, -0.2) is 36.8 Å². The molecule has 5 heteroatoms. The molecular formula is C3H7BO4. The first-order chi connectivity index (χ1) is 3.83. The molecule has 4 nitrogen and oxygen atoms in total. The number of aliphatic hydroxyl groups is 1. The summed E-state index contributed by atoms with van der Waals surface area (Å²) in [5.74, 6) is 0. The minimum Gasteiger partial charge on any atom is -0.402 e. The van der Waals surface area contributed by atoms with E-state index in [1.54, 1.807) is 0 Å². The van der Waals surface area contributed by atoms with Gasteiger partial charge in [-0.2, -0.15) is 0 Å². The van der Waals surface area contributed by atoms with Crippen LogP contribution in [0, 0.1) is 0 Å². The summed E-state index contributed by atoms with van der Waals surface area (Å²) in [5.41, 5.74) is 0. The van der Waals surface area contributed by atoms with Gasteiger partial charge in [-0.15, -0.1) is 0 Å². The molecule has 1 unspecified atom stereocenters. The Labute approximate surface area is 47.2 Å². The molecule has 46 valence electrons. The molecule has 0 bridgehead atoms. The average Bonchev–Trinajstić information content (AvgIpc) is 2.14. The van der Waals surface area contributed by atoms with E-state index in [-0.39, 0.29) is 19.3 Å². The fraction of sp³-hybridized carbons (Fsp3) is 1.00. The Morgan fingerprint density at radius 3 is 2.75 bits per heavy atom. The molecule has 2 N–H and O–H groups in total. The molecule has 1 fully saturated rings. The van der Waals surface area contributed by atoms with E-state index in [2.05, 4.69) is 9.31 Å². The summed E-state index contributed by atoms with van der Waals surface area (Å²) in [7, 11) is -1.13. The van der Waals surface area contributed by atoms with Crippen molar-refractivity contribution < 1.29 is 19.4 Å². The van der Waals surface area contributed by atoms with E-state index in [4.69, 9.17) is 10.1 Å².